The molecule has 164 valence electrons. The second kappa shape index (κ2) is 8.78. The topological polar surface area (TPSA) is 69.7 Å². The van der Waals surface area contributed by atoms with Crippen molar-refractivity contribution < 1.29 is 18.2 Å². The number of nitrogens with one attached hydrogen (secondary N) is 1. The van der Waals surface area contributed by atoms with E-state index in [1.807, 2.05) is 31.2 Å². The zero-order valence-electron chi connectivity index (χ0n) is 17.5. The summed E-state index contributed by atoms with van der Waals surface area (Å²) in [6, 6.07) is 13.9. The molecule has 2 aromatic carbocycles. The molecule has 0 aliphatic carbocycles. The lowest BCUT2D eigenvalue weighted by Gasteiger charge is -2.43. The zero-order chi connectivity index (χ0) is 22.0. The largest absolute Gasteiger partial charge is 0.334 e. The molecule has 1 unspecified atom stereocenters. The van der Waals surface area contributed by atoms with Crippen LogP contribution < -0.4 is 5.32 Å². The average molecular weight is 444 g/mol. The molecule has 0 bridgehead atoms. The lowest BCUT2D eigenvalue weighted by atomic mass is 10.0. The standard InChI is InChI=1S/C23H26FN3O3S/c1-17-5-7-18(8-6-17)14-25-22(29)26-11-9-23(10-12-26)27(21(28)16-31(23)30)15-19-3-2-4-20(24)13-19/h2-8,13H,9-12,14-16H2,1H3,(H,25,29). The minimum absolute atomic E-state index is 0.0189. The third-order valence-corrected chi connectivity index (χ3v) is 8.08. The van der Waals surface area contributed by atoms with Crippen molar-refractivity contribution >= 4 is 22.7 Å². The van der Waals surface area contributed by atoms with E-state index in [0.717, 1.165) is 5.56 Å². The van der Waals surface area contributed by atoms with Crippen LogP contribution in [-0.2, 0) is 28.7 Å². The summed E-state index contributed by atoms with van der Waals surface area (Å²) in [6.45, 7) is 3.51. The number of carbonyl (C=O) groups is 2. The third kappa shape index (κ3) is 4.49. The van der Waals surface area contributed by atoms with Gasteiger partial charge >= 0.3 is 6.03 Å². The number of benzene rings is 2. The molecule has 0 aromatic heterocycles. The van der Waals surface area contributed by atoms with E-state index < -0.39 is 15.7 Å². The molecular weight excluding hydrogens is 417 g/mol. The van der Waals surface area contributed by atoms with E-state index in [1.165, 1.54) is 17.7 Å². The van der Waals surface area contributed by atoms with Gasteiger partial charge in [-0.15, -0.1) is 0 Å². The summed E-state index contributed by atoms with van der Waals surface area (Å²) in [4.78, 5) is 27.8. The lowest BCUT2D eigenvalue weighted by Crippen LogP contribution is -2.56. The fraction of sp³-hybridized carbons (Fsp3) is 0.391. The number of urea groups is 1. The number of rotatable bonds is 4. The first-order valence-electron chi connectivity index (χ1n) is 10.4. The van der Waals surface area contributed by atoms with E-state index >= 15 is 0 Å². The summed E-state index contributed by atoms with van der Waals surface area (Å²) in [6.07, 6.45) is 0.886. The maximum absolute atomic E-state index is 13.6. The summed E-state index contributed by atoms with van der Waals surface area (Å²) < 4.78 is 26.5. The maximum Gasteiger partial charge on any atom is 0.317 e. The number of nitrogens with zero attached hydrogens (tertiary/aromatic N) is 2. The molecule has 1 N–H and O–H groups in total. The van der Waals surface area contributed by atoms with Crippen LogP contribution in [-0.4, -0.2) is 49.7 Å². The van der Waals surface area contributed by atoms with Gasteiger partial charge in [0.05, 0.1) is 10.8 Å². The van der Waals surface area contributed by atoms with E-state index in [2.05, 4.69) is 5.32 Å². The highest BCUT2D eigenvalue weighted by atomic mass is 32.2. The molecule has 8 heteroatoms. The van der Waals surface area contributed by atoms with Crippen LogP contribution >= 0.6 is 0 Å². The molecule has 4 rings (SSSR count). The van der Waals surface area contributed by atoms with Crippen LogP contribution in [0.5, 0.6) is 0 Å². The number of halogens is 1. The second-order valence-corrected chi connectivity index (χ2v) is 9.92. The lowest BCUT2D eigenvalue weighted by molar-refractivity contribution is -0.131. The van der Waals surface area contributed by atoms with E-state index in [4.69, 9.17) is 0 Å². The van der Waals surface area contributed by atoms with Gasteiger partial charge in [-0.05, 0) is 30.2 Å². The van der Waals surface area contributed by atoms with Crippen molar-refractivity contribution in [1.29, 1.82) is 0 Å². The molecule has 1 spiro atoms. The van der Waals surface area contributed by atoms with Gasteiger partial charge in [0, 0.05) is 39.0 Å². The Morgan fingerprint density at radius 2 is 1.84 bits per heavy atom. The number of likely N-dealkylation sites (tertiary alicyclic amines) is 1. The number of aryl methyl sites for hydroxylation is 1. The predicted molar refractivity (Wildman–Crippen MR) is 117 cm³/mol. The van der Waals surface area contributed by atoms with Crippen LogP contribution in [0.15, 0.2) is 48.5 Å². The first-order chi connectivity index (χ1) is 14.9. The van der Waals surface area contributed by atoms with Crippen molar-refractivity contribution in [2.75, 3.05) is 18.8 Å². The van der Waals surface area contributed by atoms with E-state index in [0.29, 0.717) is 38.0 Å². The van der Waals surface area contributed by atoms with Gasteiger partial charge in [0.15, 0.2) is 0 Å². The Morgan fingerprint density at radius 1 is 1.13 bits per heavy atom. The Balaban J connectivity index is 1.39. The average Bonchev–Trinajstić information content (AvgIpc) is 2.97. The highest BCUT2D eigenvalue weighted by molar-refractivity contribution is 7.87. The monoisotopic (exact) mass is 443 g/mol. The Hall–Kier alpha value is -2.74. The summed E-state index contributed by atoms with van der Waals surface area (Å²) >= 11 is 0. The number of piperidine rings is 1. The fourth-order valence-electron chi connectivity index (χ4n) is 4.28. The smallest absolute Gasteiger partial charge is 0.317 e. The molecule has 2 aliphatic rings. The molecule has 6 nitrogen and oxygen atoms in total. The summed E-state index contributed by atoms with van der Waals surface area (Å²) in [5, 5.41) is 2.93. The van der Waals surface area contributed by atoms with Crippen LogP contribution in [0.4, 0.5) is 9.18 Å². The quantitative estimate of drug-likeness (QED) is 0.790. The highest BCUT2D eigenvalue weighted by Crippen LogP contribution is 2.38. The third-order valence-electron chi connectivity index (χ3n) is 6.10. The molecule has 0 saturated carbocycles. The molecule has 2 heterocycles. The number of carbonyl (C=O) groups excluding carboxylic acids is 2. The second-order valence-electron chi connectivity index (χ2n) is 8.18. The molecule has 0 radical (unpaired) electrons. The van der Waals surface area contributed by atoms with E-state index in [-0.39, 0.29) is 30.1 Å². The minimum Gasteiger partial charge on any atom is -0.334 e. The van der Waals surface area contributed by atoms with Gasteiger partial charge in [-0.25, -0.2) is 9.18 Å². The van der Waals surface area contributed by atoms with Crippen LogP contribution in [0.2, 0.25) is 0 Å². The van der Waals surface area contributed by atoms with Crippen LogP contribution in [0, 0.1) is 12.7 Å². The van der Waals surface area contributed by atoms with Gasteiger partial charge in [0.2, 0.25) is 5.91 Å². The van der Waals surface area contributed by atoms with Crippen molar-refractivity contribution in [3.8, 4) is 0 Å². The van der Waals surface area contributed by atoms with Gasteiger partial charge < -0.3 is 15.1 Å². The van der Waals surface area contributed by atoms with Gasteiger partial charge in [0.25, 0.3) is 0 Å². The molecule has 3 amide bonds. The molecule has 2 saturated heterocycles. The van der Waals surface area contributed by atoms with Crippen molar-refractivity contribution in [3.63, 3.8) is 0 Å². The number of amides is 3. The van der Waals surface area contributed by atoms with E-state index in [1.54, 1.807) is 21.9 Å². The summed E-state index contributed by atoms with van der Waals surface area (Å²) in [5.41, 5.74) is 2.86. The summed E-state index contributed by atoms with van der Waals surface area (Å²) in [5.74, 6) is -0.561. The van der Waals surface area contributed by atoms with Gasteiger partial charge in [0.1, 0.15) is 16.4 Å². The van der Waals surface area contributed by atoms with E-state index in [9.17, 15) is 18.2 Å². The Morgan fingerprint density at radius 3 is 2.52 bits per heavy atom. The van der Waals surface area contributed by atoms with Crippen LogP contribution in [0.25, 0.3) is 0 Å². The van der Waals surface area contributed by atoms with Gasteiger partial charge in [-0.2, -0.15) is 0 Å². The SMILES string of the molecule is Cc1ccc(CNC(=O)N2CCC3(CC2)N(Cc2cccc(F)c2)C(=O)CS3=O)cc1. The molecule has 31 heavy (non-hydrogen) atoms. The highest BCUT2D eigenvalue weighted by Gasteiger charge is 2.53. The fourth-order valence-corrected chi connectivity index (χ4v) is 5.98. The van der Waals surface area contributed by atoms with Crippen molar-refractivity contribution in [3.05, 3.63) is 71.0 Å². The molecular formula is C23H26FN3O3S. The van der Waals surface area contributed by atoms with Crippen molar-refractivity contribution in [1.82, 2.24) is 15.1 Å². The first-order valence-corrected chi connectivity index (χ1v) is 11.7. The number of hydrogen-bond donors (Lipinski definition) is 1. The Kier molecular flexibility index (Phi) is 6.09. The van der Waals surface area contributed by atoms with Gasteiger partial charge in [-0.1, -0.05) is 42.0 Å². The molecule has 2 fully saturated rings. The van der Waals surface area contributed by atoms with Gasteiger partial charge in [-0.3, -0.25) is 9.00 Å². The Labute approximate surface area is 183 Å². The molecule has 2 aliphatic heterocycles. The zero-order valence-corrected chi connectivity index (χ0v) is 18.3. The number of hydrogen-bond acceptors (Lipinski definition) is 3. The molecule has 1 atom stereocenters. The predicted octanol–water partition coefficient (Wildman–Crippen LogP) is 2.93. The minimum atomic E-state index is -1.35. The molecule has 2 aromatic rings. The van der Waals surface area contributed by atoms with Crippen LogP contribution in [0.1, 0.15) is 29.5 Å². The first kappa shape index (κ1) is 21.5. The van der Waals surface area contributed by atoms with Crippen LogP contribution in [0.3, 0.4) is 0 Å². The summed E-state index contributed by atoms with van der Waals surface area (Å²) in [7, 11) is -1.35. The normalized spacial score (nSPS) is 20.3. The van der Waals surface area contributed by atoms with Crippen molar-refractivity contribution in [2.45, 2.75) is 37.7 Å². The maximum atomic E-state index is 13.6. The Bertz CT molecular complexity index is 1000. The van der Waals surface area contributed by atoms with Crippen molar-refractivity contribution in [2.24, 2.45) is 0 Å².